The Morgan fingerprint density at radius 2 is 2.35 bits per heavy atom. The Bertz CT molecular complexity index is 574. The molecule has 8 nitrogen and oxygen atoms in total. The third kappa shape index (κ3) is 2.17. The van der Waals surface area contributed by atoms with Gasteiger partial charge in [0.2, 0.25) is 0 Å². The van der Waals surface area contributed by atoms with Crippen molar-refractivity contribution in [1.82, 2.24) is 30.1 Å². The van der Waals surface area contributed by atoms with E-state index in [0.29, 0.717) is 17.6 Å². The van der Waals surface area contributed by atoms with Crippen molar-refractivity contribution >= 4 is 11.0 Å². The fraction of sp³-hybridized carbons (Fsp3) is 0.556. The smallest absolute Gasteiger partial charge is 0.280 e. The van der Waals surface area contributed by atoms with Gasteiger partial charge in [0.1, 0.15) is 5.39 Å². The van der Waals surface area contributed by atoms with Crippen LogP contribution < -0.4 is 10.9 Å². The zero-order valence-corrected chi connectivity index (χ0v) is 9.66. The lowest BCUT2D eigenvalue weighted by atomic mass is 10.3. The minimum Gasteiger partial charge on any atom is -0.390 e. The SMILES string of the molecule is CNCC(O)Cn1nnc2c(cnn2C)c1=O. The van der Waals surface area contributed by atoms with Gasteiger partial charge < -0.3 is 10.4 Å². The molecular weight excluding hydrogens is 224 g/mol. The van der Waals surface area contributed by atoms with Crippen LogP contribution in [0.1, 0.15) is 0 Å². The lowest BCUT2D eigenvalue weighted by Gasteiger charge is -2.09. The zero-order chi connectivity index (χ0) is 12.4. The van der Waals surface area contributed by atoms with Gasteiger partial charge >= 0.3 is 0 Å². The van der Waals surface area contributed by atoms with Gasteiger partial charge in [-0.2, -0.15) is 5.10 Å². The summed E-state index contributed by atoms with van der Waals surface area (Å²) in [5.74, 6) is 0. The van der Waals surface area contributed by atoms with Crippen LogP contribution in [-0.2, 0) is 13.6 Å². The van der Waals surface area contributed by atoms with Crippen LogP contribution in [-0.4, -0.2) is 49.6 Å². The van der Waals surface area contributed by atoms with Gasteiger partial charge in [0, 0.05) is 13.6 Å². The summed E-state index contributed by atoms with van der Waals surface area (Å²) in [7, 11) is 3.42. The summed E-state index contributed by atoms with van der Waals surface area (Å²) < 4.78 is 2.63. The first kappa shape index (κ1) is 11.7. The number of nitrogens with one attached hydrogen (secondary N) is 1. The van der Waals surface area contributed by atoms with Crippen LogP contribution in [0.5, 0.6) is 0 Å². The molecule has 0 spiro atoms. The van der Waals surface area contributed by atoms with E-state index in [4.69, 9.17) is 0 Å². The Kier molecular flexibility index (Phi) is 3.16. The fourth-order valence-electron chi connectivity index (χ4n) is 1.60. The standard InChI is InChI=1S/C9H14N6O2/c1-10-3-6(16)5-15-9(17)7-4-11-14(2)8(7)12-13-15/h4,6,10,16H,3,5H2,1-2H3. The molecule has 2 N–H and O–H groups in total. The summed E-state index contributed by atoms with van der Waals surface area (Å²) in [4.78, 5) is 12.0. The second kappa shape index (κ2) is 4.60. The normalized spacial score (nSPS) is 13.1. The summed E-state index contributed by atoms with van der Waals surface area (Å²) in [6.07, 6.45) is 0.772. The Morgan fingerprint density at radius 1 is 1.59 bits per heavy atom. The van der Waals surface area contributed by atoms with Crippen molar-refractivity contribution < 1.29 is 5.11 Å². The minimum atomic E-state index is -0.680. The highest BCUT2D eigenvalue weighted by Gasteiger charge is 2.12. The lowest BCUT2D eigenvalue weighted by molar-refractivity contribution is 0.146. The van der Waals surface area contributed by atoms with Gasteiger partial charge in [0.25, 0.3) is 5.56 Å². The molecule has 0 radical (unpaired) electrons. The average Bonchev–Trinajstić information content (AvgIpc) is 2.66. The first-order chi connectivity index (χ1) is 8.13. The van der Waals surface area contributed by atoms with Crippen molar-refractivity contribution in [2.24, 2.45) is 7.05 Å². The van der Waals surface area contributed by atoms with E-state index in [-0.39, 0.29) is 12.1 Å². The van der Waals surface area contributed by atoms with E-state index in [9.17, 15) is 9.90 Å². The van der Waals surface area contributed by atoms with Crippen molar-refractivity contribution in [1.29, 1.82) is 0 Å². The lowest BCUT2D eigenvalue weighted by Crippen LogP contribution is -2.34. The molecule has 8 heteroatoms. The first-order valence-corrected chi connectivity index (χ1v) is 5.21. The molecule has 2 aromatic rings. The third-order valence-corrected chi connectivity index (χ3v) is 2.44. The van der Waals surface area contributed by atoms with Crippen LogP contribution in [0.15, 0.2) is 11.0 Å². The number of aliphatic hydroxyl groups excluding tert-OH is 1. The van der Waals surface area contributed by atoms with Gasteiger partial charge in [-0.1, -0.05) is 5.21 Å². The second-order valence-electron chi connectivity index (χ2n) is 3.79. The number of aliphatic hydroxyl groups is 1. The molecule has 0 amide bonds. The fourth-order valence-corrected chi connectivity index (χ4v) is 1.60. The largest absolute Gasteiger partial charge is 0.390 e. The van der Waals surface area contributed by atoms with E-state index in [2.05, 4.69) is 20.7 Å². The molecule has 92 valence electrons. The van der Waals surface area contributed by atoms with Crippen LogP contribution in [0.3, 0.4) is 0 Å². The van der Waals surface area contributed by atoms with Gasteiger partial charge in [0.15, 0.2) is 5.65 Å². The molecule has 0 aromatic carbocycles. The molecular formula is C9H14N6O2. The number of hydrogen-bond acceptors (Lipinski definition) is 6. The Balaban J connectivity index is 2.36. The van der Waals surface area contributed by atoms with E-state index < -0.39 is 6.10 Å². The summed E-state index contributed by atoms with van der Waals surface area (Å²) in [5.41, 5.74) is 0.146. The zero-order valence-electron chi connectivity index (χ0n) is 9.66. The Morgan fingerprint density at radius 3 is 3.06 bits per heavy atom. The highest BCUT2D eigenvalue weighted by atomic mass is 16.3. The minimum absolute atomic E-state index is 0.109. The van der Waals surface area contributed by atoms with Crippen LogP contribution in [0, 0.1) is 0 Å². The van der Waals surface area contributed by atoms with Gasteiger partial charge in [-0.3, -0.25) is 4.79 Å². The summed E-state index contributed by atoms with van der Waals surface area (Å²) >= 11 is 0. The predicted octanol–water partition coefficient (Wildman–Crippen LogP) is -1.89. The summed E-state index contributed by atoms with van der Waals surface area (Å²) in [6, 6.07) is 0. The van der Waals surface area contributed by atoms with Crippen molar-refractivity contribution in [2.75, 3.05) is 13.6 Å². The average molecular weight is 238 g/mol. The summed E-state index contributed by atoms with van der Waals surface area (Å²) in [5, 5.41) is 24.4. The number of aryl methyl sites for hydroxylation is 1. The maximum atomic E-state index is 12.0. The molecule has 0 bridgehead atoms. The number of likely N-dealkylation sites (N-methyl/N-ethyl adjacent to an activating group) is 1. The number of rotatable bonds is 4. The molecule has 2 heterocycles. The highest BCUT2D eigenvalue weighted by molar-refractivity contribution is 5.72. The van der Waals surface area contributed by atoms with Gasteiger partial charge in [-0.15, -0.1) is 5.10 Å². The summed E-state index contributed by atoms with van der Waals surface area (Å²) in [6.45, 7) is 0.497. The van der Waals surface area contributed by atoms with E-state index in [1.54, 1.807) is 14.1 Å². The quantitative estimate of drug-likeness (QED) is 0.646. The molecule has 1 unspecified atom stereocenters. The predicted molar refractivity (Wildman–Crippen MR) is 60.5 cm³/mol. The van der Waals surface area contributed by atoms with Crippen molar-refractivity contribution in [3.05, 3.63) is 16.6 Å². The van der Waals surface area contributed by atoms with Crippen molar-refractivity contribution in [3.8, 4) is 0 Å². The van der Waals surface area contributed by atoms with Crippen molar-refractivity contribution in [3.63, 3.8) is 0 Å². The van der Waals surface area contributed by atoms with Crippen LogP contribution in [0.25, 0.3) is 11.0 Å². The second-order valence-corrected chi connectivity index (χ2v) is 3.79. The maximum Gasteiger partial charge on any atom is 0.280 e. The molecule has 2 rings (SSSR count). The molecule has 0 saturated heterocycles. The number of fused-ring (bicyclic) bond motifs is 1. The maximum absolute atomic E-state index is 12.0. The van der Waals surface area contributed by atoms with E-state index in [1.807, 2.05) is 0 Å². The molecule has 0 saturated carbocycles. The van der Waals surface area contributed by atoms with Crippen LogP contribution >= 0.6 is 0 Å². The number of hydrogen-bond donors (Lipinski definition) is 2. The molecule has 17 heavy (non-hydrogen) atoms. The monoisotopic (exact) mass is 238 g/mol. The van der Waals surface area contributed by atoms with E-state index >= 15 is 0 Å². The third-order valence-electron chi connectivity index (χ3n) is 2.44. The van der Waals surface area contributed by atoms with Crippen LogP contribution in [0.2, 0.25) is 0 Å². The number of nitrogens with zero attached hydrogens (tertiary/aromatic N) is 5. The van der Waals surface area contributed by atoms with Gasteiger partial charge in [-0.25, -0.2) is 9.36 Å². The first-order valence-electron chi connectivity index (χ1n) is 5.21. The van der Waals surface area contributed by atoms with Gasteiger partial charge in [0.05, 0.1) is 18.8 Å². The van der Waals surface area contributed by atoms with Crippen LogP contribution in [0.4, 0.5) is 0 Å². The van der Waals surface area contributed by atoms with E-state index in [1.165, 1.54) is 10.9 Å². The molecule has 2 aromatic heterocycles. The topological polar surface area (TPSA) is 97.9 Å². The molecule has 1 atom stereocenters. The number of aromatic nitrogens is 5. The molecule has 0 aliphatic heterocycles. The van der Waals surface area contributed by atoms with Gasteiger partial charge in [-0.05, 0) is 7.05 Å². The molecule has 0 fully saturated rings. The molecule has 0 aliphatic carbocycles. The Hall–Kier alpha value is -1.80. The van der Waals surface area contributed by atoms with Crippen molar-refractivity contribution in [2.45, 2.75) is 12.6 Å². The highest BCUT2D eigenvalue weighted by Crippen LogP contribution is 2.01. The Labute approximate surface area is 96.9 Å². The van der Waals surface area contributed by atoms with E-state index in [0.717, 1.165) is 4.68 Å². The molecule has 0 aliphatic rings.